The number of hydrogen-bond acceptors (Lipinski definition) is 3. The normalized spacial score (nSPS) is 16.6. The van der Waals surface area contributed by atoms with Crippen LogP contribution in [0.3, 0.4) is 0 Å². The summed E-state index contributed by atoms with van der Waals surface area (Å²) in [4.78, 5) is 14.1. The fourth-order valence-corrected chi connectivity index (χ4v) is 1.79. The minimum absolute atomic E-state index is 0.0820. The summed E-state index contributed by atoms with van der Waals surface area (Å²) < 4.78 is 0. The van der Waals surface area contributed by atoms with Crippen molar-refractivity contribution in [2.24, 2.45) is 0 Å². The van der Waals surface area contributed by atoms with Gasteiger partial charge in [0.05, 0.1) is 5.54 Å². The van der Waals surface area contributed by atoms with Crippen LogP contribution in [-0.2, 0) is 4.79 Å². The van der Waals surface area contributed by atoms with Crippen molar-refractivity contribution >= 4 is 5.91 Å². The highest BCUT2D eigenvalue weighted by atomic mass is 16.2. The zero-order valence-electron chi connectivity index (χ0n) is 11.0. The fraction of sp³-hybridized carbons (Fsp3) is 0.917. The average molecular weight is 227 g/mol. The lowest BCUT2D eigenvalue weighted by Gasteiger charge is -2.25. The molecule has 0 aromatic rings. The number of amides is 1. The average Bonchev–Trinajstić information content (AvgIpc) is 3.00. The number of carbonyl (C=O) groups is 1. The van der Waals surface area contributed by atoms with Crippen LogP contribution in [0.5, 0.6) is 0 Å². The summed E-state index contributed by atoms with van der Waals surface area (Å²) in [6, 6.07) is 0.763. The first-order valence-electron chi connectivity index (χ1n) is 6.21. The molecule has 0 atom stereocenters. The van der Waals surface area contributed by atoms with Gasteiger partial charge in [0.15, 0.2) is 0 Å². The first-order valence-corrected chi connectivity index (χ1v) is 6.21. The van der Waals surface area contributed by atoms with Crippen LogP contribution in [0.15, 0.2) is 0 Å². The van der Waals surface area contributed by atoms with E-state index in [1.165, 1.54) is 12.8 Å². The molecule has 0 heterocycles. The number of rotatable bonds is 7. The summed E-state index contributed by atoms with van der Waals surface area (Å²) in [5.41, 5.74) is -0.465. The standard InChI is InChI=1S/C12H25N3O/c1-5-14-12(2,3)11(16)13-8-9-15(4)10-6-7-10/h10,14H,5-9H2,1-4H3,(H,13,16). The van der Waals surface area contributed by atoms with Gasteiger partial charge in [-0.15, -0.1) is 0 Å². The monoisotopic (exact) mass is 227 g/mol. The van der Waals surface area contributed by atoms with Gasteiger partial charge in [-0.3, -0.25) is 4.79 Å². The van der Waals surface area contributed by atoms with Crippen LogP contribution in [0.1, 0.15) is 33.6 Å². The van der Waals surface area contributed by atoms with Gasteiger partial charge < -0.3 is 15.5 Å². The van der Waals surface area contributed by atoms with Gasteiger partial charge >= 0.3 is 0 Å². The lowest BCUT2D eigenvalue weighted by molar-refractivity contribution is -0.126. The highest BCUT2D eigenvalue weighted by Crippen LogP contribution is 2.24. The van der Waals surface area contributed by atoms with Gasteiger partial charge in [0.2, 0.25) is 5.91 Å². The molecule has 4 nitrogen and oxygen atoms in total. The number of likely N-dealkylation sites (N-methyl/N-ethyl adjacent to an activating group) is 2. The van der Waals surface area contributed by atoms with Gasteiger partial charge in [-0.1, -0.05) is 6.92 Å². The summed E-state index contributed by atoms with van der Waals surface area (Å²) >= 11 is 0. The van der Waals surface area contributed by atoms with Gasteiger partial charge in [-0.25, -0.2) is 0 Å². The summed E-state index contributed by atoms with van der Waals surface area (Å²) in [5, 5.41) is 6.15. The number of hydrogen-bond donors (Lipinski definition) is 2. The van der Waals surface area contributed by atoms with Crippen LogP contribution >= 0.6 is 0 Å². The first kappa shape index (κ1) is 13.5. The van der Waals surface area contributed by atoms with Gasteiger partial charge in [-0.05, 0) is 40.3 Å². The molecule has 1 aliphatic carbocycles. The molecule has 2 N–H and O–H groups in total. The molecule has 1 aliphatic rings. The summed E-state index contributed by atoms with van der Waals surface area (Å²) in [7, 11) is 2.12. The maximum Gasteiger partial charge on any atom is 0.239 e. The van der Waals surface area contributed by atoms with E-state index in [0.29, 0.717) is 0 Å². The largest absolute Gasteiger partial charge is 0.353 e. The molecule has 1 saturated carbocycles. The van der Waals surface area contributed by atoms with Crippen LogP contribution in [-0.4, -0.2) is 49.1 Å². The van der Waals surface area contributed by atoms with E-state index in [-0.39, 0.29) is 5.91 Å². The number of carbonyl (C=O) groups excluding carboxylic acids is 1. The molecule has 0 aromatic carbocycles. The second-order valence-corrected chi connectivity index (χ2v) is 5.12. The van der Waals surface area contributed by atoms with Crippen molar-refractivity contribution in [3.8, 4) is 0 Å². The van der Waals surface area contributed by atoms with Gasteiger partial charge in [0, 0.05) is 19.1 Å². The SMILES string of the molecule is CCNC(C)(C)C(=O)NCCN(C)C1CC1. The Labute approximate surface area is 98.8 Å². The lowest BCUT2D eigenvalue weighted by atomic mass is 10.0. The van der Waals surface area contributed by atoms with Crippen molar-refractivity contribution in [3.63, 3.8) is 0 Å². The molecular weight excluding hydrogens is 202 g/mol. The Kier molecular flexibility index (Phi) is 4.74. The van der Waals surface area contributed by atoms with E-state index in [1.54, 1.807) is 0 Å². The molecule has 0 aromatic heterocycles. The highest BCUT2D eigenvalue weighted by molar-refractivity contribution is 5.85. The molecule has 0 radical (unpaired) electrons. The second-order valence-electron chi connectivity index (χ2n) is 5.12. The van der Waals surface area contributed by atoms with Crippen molar-refractivity contribution in [2.45, 2.75) is 45.2 Å². The van der Waals surface area contributed by atoms with Crippen LogP contribution < -0.4 is 10.6 Å². The molecule has 1 fully saturated rings. The van der Waals surface area contributed by atoms with E-state index in [2.05, 4.69) is 22.6 Å². The fourth-order valence-electron chi connectivity index (χ4n) is 1.79. The Morgan fingerprint density at radius 3 is 2.56 bits per heavy atom. The van der Waals surface area contributed by atoms with Crippen molar-refractivity contribution in [1.29, 1.82) is 0 Å². The molecule has 94 valence electrons. The van der Waals surface area contributed by atoms with Crippen molar-refractivity contribution in [1.82, 2.24) is 15.5 Å². The molecule has 1 rings (SSSR count). The maximum atomic E-state index is 11.8. The second kappa shape index (κ2) is 5.64. The minimum atomic E-state index is -0.465. The zero-order chi connectivity index (χ0) is 12.2. The third-order valence-corrected chi connectivity index (χ3v) is 3.11. The van der Waals surface area contributed by atoms with Gasteiger partial charge in [0.1, 0.15) is 0 Å². The maximum absolute atomic E-state index is 11.8. The predicted octanol–water partition coefficient (Wildman–Crippen LogP) is 0.585. The van der Waals surface area contributed by atoms with E-state index in [9.17, 15) is 4.79 Å². The predicted molar refractivity (Wildman–Crippen MR) is 66.4 cm³/mol. The molecule has 4 heteroatoms. The Hall–Kier alpha value is -0.610. The molecule has 0 aliphatic heterocycles. The quantitative estimate of drug-likeness (QED) is 0.669. The van der Waals surface area contributed by atoms with E-state index in [4.69, 9.17) is 0 Å². The van der Waals surface area contributed by atoms with E-state index in [0.717, 1.165) is 25.7 Å². The smallest absolute Gasteiger partial charge is 0.239 e. The Morgan fingerprint density at radius 2 is 2.06 bits per heavy atom. The zero-order valence-corrected chi connectivity index (χ0v) is 11.0. The van der Waals surface area contributed by atoms with E-state index in [1.807, 2.05) is 20.8 Å². The molecule has 16 heavy (non-hydrogen) atoms. The van der Waals surface area contributed by atoms with E-state index < -0.39 is 5.54 Å². The highest BCUT2D eigenvalue weighted by Gasteiger charge is 2.27. The molecule has 0 saturated heterocycles. The Balaban J connectivity index is 2.18. The first-order chi connectivity index (χ1) is 7.47. The molecule has 0 spiro atoms. The van der Waals surface area contributed by atoms with Crippen molar-refractivity contribution in [3.05, 3.63) is 0 Å². The number of nitrogens with one attached hydrogen (secondary N) is 2. The molecule has 0 unspecified atom stereocenters. The minimum Gasteiger partial charge on any atom is -0.353 e. The summed E-state index contributed by atoms with van der Waals surface area (Å²) in [6.45, 7) is 8.32. The van der Waals surface area contributed by atoms with Crippen molar-refractivity contribution < 1.29 is 4.79 Å². The molecular formula is C12H25N3O. The van der Waals surface area contributed by atoms with E-state index >= 15 is 0 Å². The molecule has 0 bridgehead atoms. The molecule has 1 amide bonds. The Bertz CT molecular complexity index is 236. The van der Waals surface area contributed by atoms with Gasteiger partial charge in [-0.2, -0.15) is 0 Å². The summed E-state index contributed by atoms with van der Waals surface area (Å²) in [5.74, 6) is 0.0820. The lowest BCUT2D eigenvalue weighted by Crippen LogP contribution is -2.53. The van der Waals surface area contributed by atoms with Crippen LogP contribution in [0, 0.1) is 0 Å². The third kappa shape index (κ3) is 4.10. The number of nitrogens with zero attached hydrogens (tertiary/aromatic N) is 1. The van der Waals surface area contributed by atoms with Crippen molar-refractivity contribution in [2.75, 3.05) is 26.7 Å². The van der Waals surface area contributed by atoms with Crippen LogP contribution in [0.25, 0.3) is 0 Å². The topological polar surface area (TPSA) is 44.4 Å². The van der Waals surface area contributed by atoms with Gasteiger partial charge in [0.25, 0.3) is 0 Å². The third-order valence-electron chi connectivity index (χ3n) is 3.11. The Morgan fingerprint density at radius 1 is 1.44 bits per heavy atom. The van der Waals surface area contributed by atoms with Crippen LogP contribution in [0.2, 0.25) is 0 Å². The van der Waals surface area contributed by atoms with Crippen LogP contribution in [0.4, 0.5) is 0 Å². The summed E-state index contributed by atoms with van der Waals surface area (Å²) in [6.07, 6.45) is 2.63.